The molecule has 3 heterocycles. The van der Waals surface area contributed by atoms with Gasteiger partial charge in [0.05, 0.1) is 12.6 Å². The third kappa shape index (κ3) is 2.91. The van der Waals surface area contributed by atoms with E-state index >= 15 is 0 Å². The standard InChI is InChI=1S/C17H21N5O2/c1-2-14-20-21-15(24-14)10-19-13-8-16(23)22(12-5-6-12)17(13)11-4-3-7-18-9-11/h3-4,7,9,12-13,17,19H,2,5-6,8,10H2,1H3/t13-,17+/m1/s1. The lowest BCUT2D eigenvalue weighted by atomic mass is 10.0. The van der Waals surface area contributed by atoms with Gasteiger partial charge in [0.25, 0.3) is 0 Å². The van der Waals surface area contributed by atoms with Gasteiger partial charge in [0, 0.05) is 37.3 Å². The fourth-order valence-corrected chi connectivity index (χ4v) is 3.39. The fourth-order valence-electron chi connectivity index (χ4n) is 3.39. The maximum atomic E-state index is 12.5. The molecule has 1 N–H and O–H groups in total. The molecule has 126 valence electrons. The molecule has 2 aliphatic rings. The summed E-state index contributed by atoms with van der Waals surface area (Å²) in [6.45, 7) is 2.45. The molecule has 7 nitrogen and oxygen atoms in total. The Morgan fingerprint density at radius 3 is 2.83 bits per heavy atom. The fraction of sp³-hybridized carbons (Fsp3) is 0.529. The molecule has 2 fully saturated rings. The summed E-state index contributed by atoms with van der Waals surface area (Å²) in [4.78, 5) is 18.8. The zero-order valence-electron chi connectivity index (χ0n) is 13.7. The number of amides is 1. The number of aryl methyl sites for hydroxylation is 1. The highest BCUT2D eigenvalue weighted by molar-refractivity contribution is 5.81. The van der Waals surface area contributed by atoms with Crippen LogP contribution in [0, 0.1) is 0 Å². The summed E-state index contributed by atoms with van der Waals surface area (Å²) in [6.07, 6.45) is 7.02. The smallest absolute Gasteiger partial charge is 0.230 e. The van der Waals surface area contributed by atoms with Gasteiger partial charge in [0.15, 0.2) is 0 Å². The average molecular weight is 327 g/mol. The van der Waals surface area contributed by atoms with Gasteiger partial charge in [0.1, 0.15) is 0 Å². The van der Waals surface area contributed by atoms with Crippen LogP contribution < -0.4 is 5.32 Å². The van der Waals surface area contributed by atoms with E-state index in [0.29, 0.717) is 30.8 Å². The van der Waals surface area contributed by atoms with Crippen LogP contribution in [-0.2, 0) is 17.8 Å². The number of aromatic nitrogens is 3. The van der Waals surface area contributed by atoms with Gasteiger partial charge in [0.2, 0.25) is 17.7 Å². The molecular weight excluding hydrogens is 306 g/mol. The van der Waals surface area contributed by atoms with E-state index in [4.69, 9.17) is 4.42 Å². The second kappa shape index (κ2) is 6.32. The molecule has 0 unspecified atom stereocenters. The van der Waals surface area contributed by atoms with Crippen LogP contribution in [0.2, 0.25) is 0 Å². The van der Waals surface area contributed by atoms with Crippen LogP contribution in [0.5, 0.6) is 0 Å². The number of hydrogen-bond donors (Lipinski definition) is 1. The van der Waals surface area contributed by atoms with Crippen LogP contribution in [0.1, 0.15) is 49.6 Å². The second-order valence-corrected chi connectivity index (χ2v) is 6.40. The molecule has 7 heteroatoms. The van der Waals surface area contributed by atoms with E-state index in [1.807, 2.05) is 30.2 Å². The summed E-state index contributed by atoms with van der Waals surface area (Å²) < 4.78 is 5.55. The van der Waals surface area contributed by atoms with Gasteiger partial charge in [-0.15, -0.1) is 10.2 Å². The van der Waals surface area contributed by atoms with Crippen molar-refractivity contribution in [2.75, 3.05) is 0 Å². The van der Waals surface area contributed by atoms with E-state index in [-0.39, 0.29) is 18.0 Å². The van der Waals surface area contributed by atoms with Crippen LogP contribution in [-0.4, -0.2) is 38.1 Å². The van der Waals surface area contributed by atoms with Crippen LogP contribution in [0.25, 0.3) is 0 Å². The minimum Gasteiger partial charge on any atom is -0.424 e. The second-order valence-electron chi connectivity index (χ2n) is 6.40. The largest absolute Gasteiger partial charge is 0.424 e. The molecular formula is C17H21N5O2. The van der Waals surface area contributed by atoms with E-state index in [2.05, 4.69) is 20.5 Å². The Kier molecular flexibility index (Phi) is 4.02. The molecule has 24 heavy (non-hydrogen) atoms. The monoisotopic (exact) mass is 327 g/mol. The Labute approximate surface area is 140 Å². The minimum atomic E-state index is 0.0206. The number of pyridine rings is 1. The molecule has 4 rings (SSSR count). The van der Waals surface area contributed by atoms with Gasteiger partial charge in [-0.25, -0.2) is 0 Å². The number of hydrogen-bond acceptors (Lipinski definition) is 6. The van der Waals surface area contributed by atoms with E-state index < -0.39 is 0 Å². The Bertz CT molecular complexity index is 713. The van der Waals surface area contributed by atoms with Crippen molar-refractivity contribution in [2.45, 2.75) is 57.3 Å². The molecule has 0 bridgehead atoms. The van der Waals surface area contributed by atoms with Gasteiger partial charge in [-0.05, 0) is 24.5 Å². The number of nitrogens with zero attached hydrogens (tertiary/aromatic N) is 4. The maximum Gasteiger partial charge on any atom is 0.230 e. The van der Waals surface area contributed by atoms with Crippen molar-refractivity contribution in [2.24, 2.45) is 0 Å². The summed E-state index contributed by atoms with van der Waals surface area (Å²) in [5.41, 5.74) is 1.08. The van der Waals surface area contributed by atoms with Gasteiger partial charge in [-0.3, -0.25) is 9.78 Å². The summed E-state index contributed by atoms with van der Waals surface area (Å²) in [5, 5.41) is 11.5. The summed E-state index contributed by atoms with van der Waals surface area (Å²) in [5.74, 6) is 1.41. The van der Waals surface area contributed by atoms with Crippen molar-refractivity contribution in [3.8, 4) is 0 Å². The van der Waals surface area contributed by atoms with Crippen molar-refractivity contribution in [3.63, 3.8) is 0 Å². The maximum absolute atomic E-state index is 12.5. The zero-order chi connectivity index (χ0) is 16.5. The molecule has 0 aromatic carbocycles. The third-order valence-corrected chi connectivity index (χ3v) is 4.66. The molecule has 1 saturated heterocycles. The SMILES string of the molecule is CCc1nnc(CN[C@@H]2CC(=O)N(C3CC3)[C@H]2c2cccnc2)o1. The number of likely N-dealkylation sites (tertiary alicyclic amines) is 1. The Morgan fingerprint density at radius 2 is 2.17 bits per heavy atom. The van der Waals surface area contributed by atoms with Crippen LogP contribution in [0.15, 0.2) is 28.9 Å². The highest BCUT2D eigenvalue weighted by atomic mass is 16.4. The van der Waals surface area contributed by atoms with Gasteiger partial charge in [-0.1, -0.05) is 13.0 Å². The molecule has 0 radical (unpaired) electrons. The Balaban J connectivity index is 1.52. The zero-order valence-corrected chi connectivity index (χ0v) is 13.7. The van der Waals surface area contributed by atoms with Gasteiger partial charge < -0.3 is 14.6 Å². The predicted octanol–water partition coefficient (Wildman–Crippen LogP) is 1.62. The Morgan fingerprint density at radius 1 is 1.33 bits per heavy atom. The highest BCUT2D eigenvalue weighted by Gasteiger charge is 2.47. The topological polar surface area (TPSA) is 84.2 Å². The average Bonchev–Trinajstić information content (AvgIpc) is 3.24. The molecule has 1 saturated carbocycles. The minimum absolute atomic E-state index is 0.0206. The van der Waals surface area contributed by atoms with Crippen LogP contribution in [0.4, 0.5) is 0 Å². The first kappa shape index (κ1) is 15.3. The molecule has 2 aromatic rings. The number of carbonyl (C=O) groups excluding carboxylic acids is 1. The first-order chi connectivity index (χ1) is 11.8. The lowest BCUT2D eigenvalue weighted by molar-refractivity contribution is -0.129. The molecule has 1 aliphatic carbocycles. The quantitative estimate of drug-likeness (QED) is 0.868. The van der Waals surface area contributed by atoms with Crippen molar-refractivity contribution in [3.05, 3.63) is 41.9 Å². The van der Waals surface area contributed by atoms with Gasteiger partial charge >= 0.3 is 0 Å². The van der Waals surface area contributed by atoms with Crippen LogP contribution >= 0.6 is 0 Å². The number of carbonyl (C=O) groups is 1. The third-order valence-electron chi connectivity index (χ3n) is 4.66. The molecule has 2 aromatic heterocycles. The van der Waals surface area contributed by atoms with E-state index in [9.17, 15) is 4.79 Å². The van der Waals surface area contributed by atoms with Crippen molar-refractivity contribution in [1.29, 1.82) is 0 Å². The van der Waals surface area contributed by atoms with Crippen molar-refractivity contribution >= 4 is 5.91 Å². The summed E-state index contributed by atoms with van der Waals surface area (Å²) in [6, 6.07) is 4.39. The first-order valence-corrected chi connectivity index (χ1v) is 8.52. The van der Waals surface area contributed by atoms with E-state index in [1.165, 1.54) is 0 Å². The predicted molar refractivity (Wildman–Crippen MR) is 85.8 cm³/mol. The normalized spacial score (nSPS) is 23.9. The lowest BCUT2D eigenvalue weighted by Crippen LogP contribution is -2.37. The van der Waals surface area contributed by atoms with Crippen molar-refractivity contribution < 1.29 is 9.21 Å². The Hall–Kier alpha value is -2.28. The first-order valence-electron chi connectivity index (χ1n) is 8.52. The molecule has 1 aliphatic heterocycles. The van der Waals surface area contributed by atoms with E-state index in [1.54, 1.807) is 6.20 Å². The van der Waals surface area contributed by atoms with Crippen molar-refractivity contribution in [1.82, 2.24) is 25.4 Å². The molecule has 0 spiro atoms. The molecule has 1 amide bonds. The van der Waals surface area contributed by atoms with E-state index in [0.717, 1.165) is 24.8 Å². The highest BCUT2D eigenvalue weighted by Crippen LogP contribution is 2.41. The number of rotatable bonds is 6. The summed E-state index contributed by atoms with van der Waals surface area (Å²) >= 11 is 0. The number of nitrogens with one attached hydrogen (secondary N) is 1. The molecule has 2 atom stereocenters. The van der Waals surface area contributed by atoms with Crippen LogP contribution in [0.3, 0.4) is 0 Å². The lowest BCUT2D eigenvalue weighted by Gasteiger charge is -2.28. The summed E-state index contributed by atoms with van der Waals surface area (Å²) in [7, 11) is 0. The van der Waals surface area contributed by atoms with Gasteiger partial charge in [-0.2, -0.15) is 0 Å².